The van der Waals surface area contributed by atoms with Crippen molar-refractivity contribution in [2.45, 2.75) is 19.7 Å². The lowest BCUT2D eigenvalue weighted by atomic mass is 10.1. The van der Waals surface area contributed by atoms with Gasteiger partial charge in [-0.25, -0.2) is 4.39 Å². The van der Waals surface area contributed by atoms with Crippen LogP contribution in [0.25, 0.3) is 0 Å². The van der Waals surface area contributed by atoms with Crippen LogP contribution in [0.1, 0.15) is 27.0 Å². The van der Waals surface area contributed by atoms with Crippen LogP contribution in [-0.2, 0) is 24.4 Å². The van der Waals surface area contributed by atoms with Gasteiger partial charge in [0, 0.05) is 31.7 Å². The topological polar surface area (TPSA) is 50.8 Å². The zero-order valence-electron chi connectivity index (χ0n) is 17.9. The monoisotopic (exact) mass is 434 g/mol. The number of halogens is 1. The number of hydrogen-bond acceptors (Lipinski definition) is 4. The van der Waals surface area contributed by atoms with Gasteiger partial charge in [0.2, 0.25) is 0 Å². The maximum atomic E-state index is 13.0. The second kappa shape index (κ2) is 10.9. The number of nitrogens with zero attached hydrogens (tertiary/aromatic N) is 1. The zero-order chi connectivity index (χ0) is 22.2. The smallest absolute Gasteiger partial charge is 0.251 e. The molecule has 0 radical (unpaired) electrons. The highest BCUT2D eigenvalue weighted by molar-refractivity contribution is 5.94. The number of carbonyl (C=O) groups is 1. The third-order valence-electron chi connectivity index (χ3n) is 5.39. The fourth-order valence-corrected chi connectivity index (χ4v) is 3.56. The molecule has 1 amide bonds. The molecule has 0 atom stereocenters. The van der Waals surface area contributed by atoms with Crippen LogP contribution >= 0.6 is 0 Å². The first kappa shape index (κ1) is 22.0. The molecule has 4 rings (SSSR count). The first-order valence-electron chi connectivity index (χ1n) is 10.8. The molecule has 1 N–H and O–H groups in total. The van der Waals surface area contributed by atoms with Crippen molar-refractivity contribution in [3.63, 3.8) is 0 Å². The standard InChI is InChI=1S/C26H27FN2O3/c27-24-8-4-21(5-9-24)19-32-25-10-6-20(7-11-25)17-28-26(30)23-3-1-2-22(16-23)18-29-12-14-31-15-13-29/h1-11,16H,12-15,17-19H2,(H,28,30). The Balaban J connectivity index is 1.26. The van der Waals surface area contributed by atoms with Crippen LogP contribution in [0.2, 0.25) is 0 Å². The highest BCUT2D eigenvalue weighted by Gasteiger charge is 2.12. The molecule has 3 aromatic carbocycles. The van der Waals surface area contributed by atoms with Crippen LogP contribution < -0.4 is 10.1 Å². The van der Waals surface area contributed by atoms with Crippen molar-refractivity contribution in [3.8, 4) is 5.75 Å². The van der Waals surface area contributed by atoms with Crippen molar-refractivity contribution < 1.29 is 18.7 Å². The lowest BCUT2D eigenvalue weighted by Crippen LogP contribution is -2.35. The molecule has 6 heteroatoms. The van der Waals surface area contributed by atoms with Gasteiger partial charge in [-0.2, -0.15) is 0 Å². The van der Waals surface area contributed by atoms with E-state index in [4.69, 9.17) is 9.47 Å². The second-order valence-corrected chi connectivity index (χ2v) is 7.83. The Bertz CT molecular complexity index is 1020. The fourth-order valence-electron chi connectivity index (χ4n) is 3.56. The predicted octanol–water partition coefficient (Wildman–Crippen LogP) is 4.17. The molecular weight excluding hydrogens is 407 g/mol. The Morgan fingerprint density at radius 1 is 0.938 bits per heavy atom. The SMILES string of the molecule is O=C(NCc1ccc(OCc2ccc(F)cc2)cc1)c1cccc(CN2CCOCC2)c1. The van der Waals surface area contributed by atoms with Gasteiger partial charge in [-0.05, 0) is 53.1 Å². The summed E-state index contributed by atoms with van der Waals surface area (Å²) < 4.78 is 24.1. The van der Waals surface area contributed by atoms with Crippen LogP contribution in [0.5, 0.6) is 5.75 Å². The minimum absolute atomic E-state index is 0.0922. The molecule has 0 saturated carbocycles. The number of ether oxygens (including phenoxy) is 2. The number of hydrogen-bond donors (Lipinski definition) is 1. The molecule has 0 aromatic heterocycles. The van der Waals surface area contributed by atoms with Crippen LogP contribution in [0, 0.1) is 5.82 Å². The summed E-state index contributed by atoms with van der Waals surface area (Å²) in [5.74, 6) is 0.370. The number of amides is 1. The molecule has 0 unspecified atom stereocenters. The van der Waals surface area contributed by atoms with Crippen LogP contribution in [0.15, 0.2) is 72.8 Å². The van der Waals surface area contributed by atoms with E-state index in [1.165, 1.54) is 12.1 Å². The average Bonchev–Trinajstić information content (AvgIpc) is 2.84. The summed E-state index contributed by atoms with van der Waals surface area (Å²) in [6.07, 6.45) is 0. The maximum Gasteiger partial charge on any atom is 0.251 e. The normalized spacial score (nSPS) is 14.2. The molecule has 0 spiro atoms. The van der Waals surface area contributed by atoms with Gasteiger partial charge in [-0.15, -0.1) is 0 Å². The molecule has 1 fully saturated rings. The summed E-state index contributed by atoms with van der Waals surface area (Å²) in [6.45, 7) is 4.98. The summed E-state index contributed by atoms with van der Waals surface area (Å²) >= 11 is 0. The number of carbonyl (C=O) groups excluding carboxylic acids is 1. The third-order valence-corrected chi connectivity index (χ3v) is 5.39. The molecule has 1 saturated heterocycles. The lowest BCUT2D eigenvalue weighted by molar-refractivity contribution is 0.0342. The third kappa shape index (κ3) is 6.39. The van der Waals surface area contributed by atoms with E-state index in [2.05, 4.69) is 16.3 Å². The van der Waals surface area contributed by atoms with Gasteiger partial charge in [0.05, 0.1) is 13.2 Å². The van der Waals surface area contributed by atoms with E-state index >= 15 is 0 Å². The summed E-state index contributed by atoms with van der Waals surface area (Å²) in [5, 5.41) is 2.98. The first-order valence-corrected chi connectivity index (χ1v) is 10.8. The van der Waals surface area contributed by atoms with Gasteiger partial charge in [0.15, 0.2) is 0 Å². The highest BCUT2D eigenvalue weighted by Crippen LogP contribution is 2.15. The van der Waals surface area contributed by atoms with Crippen molar-refractivity contribution >= 4 is 5.91 Å². The molecule has 3 aromatic rings. The highest BCUT2D eigenvalue weighted by atomic mass is 19.1. The summed E-state index contributed by atoms with van der Waals surface area (Å²) in [7, 11) is 0. The zero-order valence-corrected chi connectivity index (χ0v) is 17.9. The predicted molar refractivity (Wildman–Crippen MR) is 121 cm³/mol. The average molecular weight is 435 g/mol. The molecular formula is C26H27FN2O3. The number of nitrogens with one attached hydrogen (secondary N) is 1. The Morgan fingerprint density at radius 2 is 1.66 bits per heavy atom. The Morgan fingerprint density at radius 3 is 2.41 bits per heavy atom. The van der Waals surface area contributed by atoms with E-state index < -0.39 is 0 Å². The molecule has 0 aliphatic carbocycles. The number of morpholine rings is 1. The minimum atomic E-state index is -0.260. The maximum absolute atomic E-state index is 13.0. The van der Waals surface area contributed by atoms with Gasteiger partial charge in [0.1, 0.15) is 18.2 Å². The van der Waals surface area contributed by atoms with Crippen molar-refractivity contribution in [3.05, 3.63) is 101 Å². The largest absolute Gasteiger partial charge is 0.489 e. The van der Waals surface area contributed by atoms with Crippen LogP contribution in [0.3, 0.4) is 0 Å². The van der Waals surface area contributed by atoms with Gasteiger partial charge >= 0.3 is 0 Å². The summed E-state index contributed by atoms with van der Waals surface area (Å²) in [5.41, 5.74) is 3.67. The molecule has 166 valence electrons. The Kier molecular flexibility index (Phi) is 7.48. The Hall–Kier alpha value is -3.22. The van der Waals surface area contributed by atoms with Crippen molar-refractivity contribution in [2.75, 3.05) is 26.3 Å². The van der Waals surface area contributed by atoms with Crippen molar-refractivity contribution in [2.24, 2.45) is 0 Å². The summed E-state index contributed by atoms with van der Waals surface area (Å²) in [6, 6.07) is 21.6. The van der Waals surface area contributed by atoms with Gasteiger partial charge < -0.3 is 14.8 Å². The van der Waals surface area contributed by atoms with E-state index in [1.807, 2.05) is 42.5 Å². The van der Waals surface area contributed by atoms with Crippen LogP contribution in [-0.4, -0.2) is 37.1 Å². The van der Waals surface area contributed by atoms with Gasteiger partial charge in [0.25, 0.3) is 5.91 Å². The van der Waals surface area contributed by atoms with Gasteiger partial charge in [-0.1, -0.05) is 36.4 Å². The lowest BCUT2D eigenvalue weighted by Gasteiger charge is -2.26. The van der Waals surface area contributed by atoms with E-state index in [1.54, 1.807) is 12.1 Å². The van der Waals surface area contributed by atoms with Crippen LogP contribution in [0.4, 0.5) is 4.39 Å². The number of benzene rings is 3. The first-order chi connectivity index (χ1) is 15.7. The van der Waals surface area contributed by atoms with E-state index in [0.29, 0.717) is 18.7 Å². The number of rotatable bonds is 8. The molecule has 1 aliphatic heterocycles. The molecule has 1 heterocycles. The summed E-state index contributed by atoms with van der Waals surface area (Å²) in [4.78, 5) is 15.0. The quantitative estimate of drug-likeness (QED) is 0.578. The van der Waals surface area contributed by atoms with Crippen molar-refractivity contribution in [1.82, 2.24) is 10.2 Å². The van der Waals surface area contributed by atoms with Crippen molar-refractivity contribution in [1.29, 1.82) is 0 Å². The molecule has 0 bridgehead atoms. The second-order valence-electron chi connectivity index (χ2n) is 7.83. The van der Waals surface area contributed by atoms with Gasteiger partial charge in [-0.3, -0.25) is 9.69 Å². The van der Waals surface area contributed by atoms with E-state index in [0.717, 1.165) is 55.3 Å². The molecule has 1 aliphatic rings. The molecule has 5 nitrogen and oxygen atoms in total. The fraction of sp³-hybridized carbons (Fsp3) is 0.269. The van der Waals surface area contributed by atoms with E-state index in [9.17, 15) is 9.18 Å². The van der Waals surface area contributed by atoms with E-state index in [-0.39, 0.29) is 11.7 Å². The Labute approximate surface area is 187 Å². The minimum Gasteiger partial charge on any atom is -0.489 e. The molecule has 32 heavy (non-hydrogen) atoms.